The molecule has 2 aliphatic heterocycles. The van der Waals surface area contributed by atoms with E-state index in [1.165, 1.54) is 23.3 Å². The molecule has 2 aliphatic rings. The monoisotopic (exact) mass is 363 g/mol. The number of nitrogens with zero attached hydrogens (tertiary/aromatic N) is 3. The highest BCUT2D eigenvalue weighted by molar-refractivity contribution is 5.94. The molecule has 2 aromatic rings. The Morgan fingerprint density at radius 1 is 1.19 bits per heavy atom. The lowest BCUT2D eigenvalue weighted by atomic mass is 9.88. The molecule has 2 fully saturated rings. The number of carbonyl (C=O) groups excluding carboxylic acids is 1. The SMILES string of the molecule is Cc1ccccc1[C@H]1[C@@H]2CN(C(=O)c3ccc(C#N)cc3F)C[C@@H]2CN1C. The topological polar surface area (TPSA) is 47.3 Å². The van der Waals surface area contributed by atoms with Crippen molar-refractivity contribution in [2.45, 2.75) is 13.0 Å². The Bertz CT molecular complexity index is 935. The normalized spacial score (nSPS) is 24.7. The minimum Gasteiger partial charge on any atom is -0.338 e. The van der Waals surface area contributed by atoms with Crippen molar-refractivity contribution in [1.29, 1.82) is 5.26 Å². The number of hydrogen-bond acceptors (Lipinski definition) is 3. The average Bonchev–Trinajstić information content (AvgIpc) is 3.18. The molecule has 0 saturated carbocycles. The number of fused-ring (bicyclic) bond motifs is 1. The molecule has 2 heterocycles. The van der Waals surface area contributed by atoms with Gasteiger partial charge in [-0.15, -0.1) is 0 Å². The minimum absolute atomic E-state index is 0.0507. The summed E-state index contributed by atoms with van der Waals surface area (Å²) in [6.07, 6.45) is 0. The van der Waals surface area contributed by atoms with Gasteiger partial charge in [0.2, 0.25) is 0 Å². The van der Waals surface area contributed by atoms with E-state index in [0.29, 0.717) is 24.9 Å². The first-order chi connectivity index (χ1) is 13.0. The summed E-state index contributed by atoms with van der Waals surface area (Å²) in [6.45, 7) is 4.34. The number of carbonyl (C=O) groups is 1. The summed E-state index contributed by atoms with van der Waals surface area (Å²) in [5.41, 5.74) is 2.85. The van der Waals surface area contributed by atoms with Gasteiger partial charge in [-0.2, -0.15) is 5.26 Å². The standard InChI is InChI=1S/C22H22FN3O/c1-14-5-3-4-6-17(14)21-19-13-26(12-16(19)11-25(21)2)22(27)18-8-7-15(10-24)9-20(18)23/h3-9,16,19,21H,11-13H2,1-2H3/t16-,19+,21-/m0/s1. The van der Waals surface area contributed by atoms with Gasteiger partial charge in [-0.1, -0.05) is 24.3 Å². The summed E-state index contributed by atoms with van der Waals surface area (Å²) in [5, 5.41) is 8.88. The molecule has 0 bridgehead atoms. The lowest BCUT2D eigenvalue weighted by molar-refractivity contribution is 0.0763. The van der Waals surface area contributed by atoms with Gasteiger partial charge in [0.25, 0.3) is 5.91 Å². The quantitative estimate of drug-likeness (QED) is 0.822. The van der Waals surface area contributed by atoms with Crippen molar-refractivity contribution in [2.24, 2.45) is 11.8 Å². The van der Waals surface area contributed by atoms with Crippen LogP contribution in [0.5, 0.6) is 0 Å². The first-order valence-corrected chi connectivity index (χ1v) is 9.24. The fraction of sp³-hybridized carbons (Fsp3) is 0.364. The number of halogens is 1. The van der Waals surface area contributed by atoms with Crippen LogP contribution in [0.2, 0.25) is 0 Å². The Morgan fingerprint density at radius 3 is 2.67 bits per heavy atom. The maximum absolute atomic E-state index is 14.3. The number of nitriles is 1. The number of amides is 1. The Balaban J connectivity index is 1.57. The highest BCUT2D eigenvalue weighted by atomic mass is 19.1. The highest BCUT2D eigenvalue weighted by Gasteiger charge is 2.47. The van der Waals surface area contributed by atoms with Gasteiger partial charge in [0, 0.05) is 31.6 Å². The van der Waals surface area contributed by atoms with E-state index in [9.17, 15) is 9.18 Å². The molecule has 0 N–H and O–H groups in total. The molecule has 0 aliphatic carbocycles. The molecule has 0 aromatic heterocycles. The second-order valence-corrected chi connectivity index (χ2v) is 7.68. The van der Waals surface area contributed by atoms with Crippen LogP contribution < -0.4 is 0 Å². The van der Waals surface area contributed by atoms with E-state index in [1.54, 1.807) is 4.90 Å². The van der Waals surface area contributed by atoms with Gasteiger partial charge in [0.15, 0.2) is 0 Å². The summed E-state index contributed by atoms with van der Waals surface area (Å²) in [4.78, 5) is 17.0. The van der Waals surface area contributed by atoms with E-state index in [0.717, 1.165) is 12.6 Å². The van der Waals surface area contributed by atoms with Gasteiger partial charge in [-0.25, -0.2) is 4.39 Å². The second kappa shape index (κ2) is 6.79. The molecule has 2 saturated heterocycles. The molecule has 0 radical (unpaired) electrons. The lowest BCUT2D eigenvalue weighted by Crippen LogP contribution is -2.34. The molecule has 4 rings (SSSR count). The third-order valence-corrected chi connectivity index (χ3v) is 6.02. The predicted molar refractivity (Wildman–Crippen MR) is 101 cm³/mol. The zero-order chi connectivity index (χ0) is 19.1. The third-order valence-electron chi connectivity index (χ3n) is 6.02. The van der Waals surface area contributed by atoms with Gasteiger partial charge in [0.1, 0.15) is 5.82 Å². The summed E-state index contributed by atoms with van der Waals surface area (Å²) >= 11 is 0. The van der Waals surface area contributed by atoms with Crippen molar-refractivity contribution in [3.05, 3.63) is 70.5 Å². The second-order valence-electron chi connectivity index (χ2n) is 7.68. The number of hydrogen-bond donors (Lipinski definition) is 0. The lowest BCUT2D eigenvalue weighted by Gasteiger charge is -2.28. The summed E-state index contributed by atoms with van der Waals surface area (Å²) in [7, 11) is 2.14. The number of benzene rings is 2. The van der Waals surface area contributed by atoms with Gasteiger partial charge in [0.05, 0.1) is 17.2 Å². The molecule has 4 nitrogen and oxygen atoms in total. The molecular formula is C22H22FN3O. The van der Waals surface area contributed by atoms with Crippen molar-refractivity contribution in [2.75, 3.05) is 26.7 Å². The summed E-state index contributed by atoms with van der Waals surface area (Å²) < 4.78 is 14.3. The highest BCUT2D eigenvalue weighted by Crippen LogP contribution is 2.45. The van der Waals surface area contributed by atoms with Crippen LogP contribution in [0.25, 0.3) is 0 Å². The minimum atomic E-state index is -0.622. The molecule has 138 valence electrons. The molecular weight excluding hydrogens is 341 g/mol. The smallest absolute Gasteiger partial charge is 0.256 e. The summed E-state index contributed by atoms with van der Waals surface area (Å²) in [5.74, 6) is -0.159. The van der Waals surface area contributed by atoms with E-state index in [4.69, 9.17) is 5.26 Å². The van der Waals surface area contributed by atoms with E-state index >= 15 is 0 Å². The van der Waals surface area contributed by atoms with E-state index in [2.05, 4.69) is 37.1 Å². The van der Waals surface area contributed by atoms with Crippen LogP contribution in [0.4, 0.5) is 4.39 Å². The number of rotatable bonds is 2. The Kier molecular flexibility index (Phi) is 4.45. The van der Waals surface area contributed by atoms with Crippen molar-refractivity contribution in [3.63, 3.8) is 0 Å². The first kappa shape index (κ1) is 17.7. The van der Waals surface area contributed by atoms with Crippen molar-refractivity contribution < 1.29 is 9.18 Å². The molecule has 1 amide bonds. The molecule has 0 spiro atoms. The van der Waals surface area contributed by atoms with Gasteiger partial charge < -0.3 is 4.90 Å². The fourth-order valence-electron chi connectivity index (χ4n) is 4.74. The van der Waals surface area contributed by atoms with Crippen LogP contribution in [0.1, 0.15) is 33.1 Å². The van der Waals surface area contributed by atoms with Crippen LogP contribution in [0.15, 0.2) is 42.5 Å². The van der Waals surface area contributed by atoms with E-state index in [1.807, 2.05) is 12.1 Å². The van der Waals surface area contributed by atoms with E-state index in [-0.39, 0.29) is 23.1 Å². The van der Waals surface area contributed by atoms with Crippen molar-refractivity contribution >= 4 is 5.91 Å². The summed E-state index contributed by atoms with van der Waals surface area (Å²) in [6, 6.07) is 14.6. The zero-order valence-electron chi connectivity index (χ0n) is 15.5. The number of aryl methyl sites for hydroxylation is 1. The largest absolute Gasteiger partial charge is 0.338 e. The van der Waals surface area contributed by atoms with Crippen molar-refractivity contribution in [1.82, 2.24) is 9.80 Å². The van der Waals surface area contributed by atoms with Crippen LogP contribution in [-0.4, -0.2) is 42.4 Å². The molecule has 2 aromatic carbocycles. The molecule has 3 atom stereocenters. The Hall–Kier alpha value is -2.71. The van der Waals surface area contributed by atoms with Crippen LogP contribution in [0, 0.1) is 35.9 Å². The van der Waals surface area contributed by atoms with Crippen LogP contribution in [-0.2, 0) is 0 Å². The van der Waals surface area contributed by atoms with Gasteiger partial charge in [-0.05, 0) is 49.2 Å². The Labute approximate surface area is 158 Å². The van der Waals surface area contributed by atoms with Gasteiger partial charge >= 0.3 is 0 Å². The zero-order valence-corrected chi connectivity index (χ0v) is 15.5. The molecule has 0 unspecified atom stereocenters. The fourth-order valence-corrected chi connectivity index (χ4v) is 4.74. The third kappa shape index (κ3) is 3.00. The molecule has 27 heavy (non-hydrogen) atoms. The molecule has 5 heteroatoms. The van der Waals surface area contributed by atoms with E-state index < -0.39 is 5.82 Å². The maximum atomic E-state index is 14.3. The number of likely N-dealkylation sites (tertiary alicyclic amines) is 2. The first-order valence-electron chi connectivity index (χ1n) is 9.24. The predicted octanol–water partition coefficient (Wildman–Crippen LogP) is 3.38. The van der Waals surface area contributed by atoms with Crippen molar-refractivity contribution in [3.8, 4) is 6.07 Å². The van der Waals surface area contributed by atoms with Gasteiger partial charge in [-0.3, -0.25) is 9.69 Å². The van der Waals surface area contributed by atoms with Crippen LogP contribution in [0.3, 0.4) is 0 Å². The average molecular weight is 363 g/mol. The Morgan fingerprint density at radius 2 is 1.96 bits per heavy atom. The maximum Gasteiger partial charge on any atom is 0.256 e. The van der Waals surface area contributed by atoms with Crippen LogP contribution >= 0.6 is 0 Å².